The van der Waals surface area contributed by atoms with Crippen LogP contribution < -0.4 is 0 Å². The summed E-state index contributed by atoms with van der Waals surface area (Å²) in [6.45, 7) is 10.1. The number of rotatable bonds is 6. The van der Waals surface area contributed by atoms with Gasteiger partial charge in [0.2, 0.25) is 11.9 Å². The van der Waals surface area contributed by atoms with Crippen LogP contribution in [0.25, 0.3) is 0 Å². The van der Waals surface area contributed by atoms with Gasteiger partial charge in [-0.2, -0.15) is 0 Å². The van der Waals surface area contributed by atoms with Gasteiger partial charge >= 0.3 is 23.9 Å². The van der Waals surface area contributed by atoms with Crippen molar-refractivity contribution in [2.75, 3.05) is 14.2 Å². The van der Waals surface area contributed by atoms with Crippen LogP contribution >= 0.6 is 0 Å². The van der Waals surface area contributed by atoms with Crippen LogP contribution in [0.5, 0.6) is 0 Å². The Morgan fingerprint density at radius 1 is 0.839 bits per heavy atom. The fraction of sp³-hybridized carbons (Fsp3) is 0.700. The predicted octanol–water partition coefficient (Wildman–Crippen LogP) is 0.171. The van der Waals surface area contributed by atoms with Crippen LogP contribution in [0.3, 0.4) is 0 Å². The number of hydrogen-bond donors (Lipinski definition) is 0. The first-order valence-corrected chi connectivity index (χ1v) is 9.41. The number of ether oxygens (including phenoxy) is 4. The van der Waals surface area contributed by atoms with Gasteiger partial charge < -0.3 is 18.9 Å². The molecule has 1 amide bonds. The van der Waals surface area contributed by atoms with E-state index in [1.165, 1.54) is 41.5 Å². The topological polar surface area (TPSA) is 143 Å². The van der Waals surface area contributed by atoms with Crippen LogP contribution in [0.4, 0.5) is 0 Å². The van der Waals surface area contributed by atoms with Crippen molar-refractivity contribution >= 4 is 35.6 Å². The molecule has 1 atom stereocenters. The summed E-state index contributed by atoms with van der Waals surface area (Å²) < 4.78 is 19.8. The van der Waals surface area contributed by atoms with Crippen molar-refractivity contribution in [2.45, 2.75) is 71.2 Å². The largest absolute Gasteiger partial charge is 0.467 e. The first-order valence-electron chi connectivity index (χ1n) is 9.41. The average molecular weight is 443 g/mol. The first kappa shape index (κ1) is 26.1. The molecule has 31 heavy (non-hydrogen) atoms. The van der Waals surface area contributed by atoms with Gasteiger partial charge in [-0.1, -0.05) is 0 Å². The Morgan fingerprint density at radius 2 is 1.19 bits per heavy atom. The lowest BCUT2D eigenvalue weighted by Gasteiger charge is -2.53. The molecule has 0 saturated carbocycles. The second-order valence-corrected chi connectivity index (χ2v) is 8.97. The Morgan fingerprint density at radius 3 is 1.45 bits per heavy atom. The maximum atomic E-state index is 12.9. The second kappa shape index (κ2) is 8.64. The highest BCUT2D eigenvalue weighted by Crippen LogP contribution is 2.43. The molecule has 1 rings (SSSR count). The smallest absolute Gasteiger partial charge is 0.345 e. The molecule has 0 aromatic rings. The van der Waals surface area contributed by atoms with E-state index in [0.717, 1.165) is 21.1 Å². The quantitative estimate of drug-likeness (QED) is 0.241. The van der Waals surface area contributed by atoms with Gasteiger partial charge in [0.05, 0.1) is 14.2 Å². The molecule has 1 unspecified atom stereocenters. The molecule has 1 aliphatic rings. The number of Topliss-reactive ketones (excluding diaryl/α,β-unsaturated/α-hetero) is 1. The van der Waals surface area contributed by atoms with Gasteiger partial charge in [-0.25, -0.2) is 19.2 Å². The van der Waals surface area contributed by atoms with Crippen molar-refractivity contribution in [1.82, 2.24) is 4.90 Å². The summed E-state index contributed by atoms with van der Waals surface area (Å²) in [7, 11) is 1.84. The summed E-state index contributed by atoms with van der Waals surface area (Å²) in [6, 6.07) is -2.17. The number of β-lactam (4-membered cyclic amide) rings is 1. The summed E-state index contributed by atoms with van der Waals surface area (Å²) in [5.41, 5.74) is -4.88. The normalized spacial score (nSPS) is 18.1. The maximum absolute atomic E-state index is 12.9. The Bertz CT molecular complexity index is 758. The fourth-order valence-corrected chi connectivity index (χ4v) is 3.21. The van der Waals surface area contributed by atoms with Crippen LogP contribution in [-0.2, 0) is 47.7 Å². The van der Waals surface area contributed by atoms with Gasteiger partial charge in [-0.05, 0) is 48.5 Å². The third-order valence-electron chi connectivity index (χ3n) is 4.20. The van der Waals surface area contributed by atoms with Crippen LogP contribution in [0.1, 0.15) is 48.5 Å². The highest BCUT2D eigenvalue weighted by Gasteiger charge is 2.77. The van der Waals surface area contributed by atoms with E-state index in [1.54, 1.807) is 0 Å². The zero-order chi connectivity index (χ0) is 24.5. The number of amides is 1. The van der Waals surface area contributed by atoms with Gasteiger partial charge in [-0.3, -0.25) is 14.5 Å². The minimum absolute atomic E-state index is 0.360. The SMILES string of the molecule is COC(=O)C1(C(=O)OC)C(C(C)=O)C(=O)N1C(C(=O)OC(C)(C)C)C(=O)OC(C)(C)C. The molecule has 0 bridgehead atoms. The van der Waals surface area contributed by atoms with E-state index in [4.69, 9.17) is 9.47 Å². The van der Waals surface area contributed by atoms with E-state index in [-0.39, 0.29) is 0 Å². The second-order valence-electron chi connectivity index (χ2n) is 8.97. The number of ketones is 1. The van der Waals surface area contributed by atoms with Gasteiger partial charge in [0.1, 0.15) is 22.9 Å². The molecule has 0 N–H and O–H groups in total. The van der Waals surface area contributed by atoms with Gasteiger partial charge in [0.15, 0.2) is 0 Å². The molecule has 0 aliphatic carbocycles. The molecule has 174 valence electrons. The number of nitrogens with zero attached hydrogens (tertiary/aromatic N) is 1. The zero-order valence-electron chi connectivity index (χ0n) is 19.2. The molecule has 1 aliphatic heterocycles. The highest BCUT2D eigenvalue weighted by molar-refractivity contribution is 6.26. The molecule has 0 radical (unpaired) electrons. The summed E-state index contributed by atoms with van der Waals surface area (Å²) in [5, 5.41) is 0. The third kappa shape index (κ3) is 4.86. The number of hydrogen-bond acceptors (Lipinski definition) is 10. The summed E-state index contributed by atoms with van der Waals surface area (Å²) >= 11 is 0. The molecule has 0 aromatic carbocycles. The summed E-state index contributed by atoms with van der Waals surface area (Å²) in [6.07, 6.45) is 0. The van der Waals surface area contributed by atoms with Crippen molar-refractivity contribution in [2.24, 2.45) is 5.92 Å². The minimum atomic E-state index is -2.69. The predicted molar refractivity (Wildman–Crippen MR) is 103 cm³/mol. The van der Waals surface area contributed by atoms with Crippen molar-refractivity contribution in [3.63, 3.8) is 0 Å². The Balaban J connectivity index is 3.75. The molecule has 1 heterocycles. The van der Waals surface area contributed by atoms with Gasteiger partial charge in [-0.15, -0.1) is 0 Å². The fourth-order valence-electron chi connectivity index (χ4n) is 3.21. The Hall–Kier alpha value is -2.98. The van der Waals surface area contributed by atoms with E-state index in [1.807, 2.05) is 0 Å². The number of carbonyl (C=O) groups excluding carboxylic acids is 6. The Kier molecular flexibility index (Phi) is 7.26. The Labute approximate surface area is 180 Å². The molecule has 1 saturated heterocycles. The van der Waals surface area contributed by atoms with Crippen LogP contribution in [0.15, 0.2) is 0 Å². The van der Waals surface area contributed by atoms with Gasteiger partial charge in [0, 0.05) is 0 Å². The number of likely N-dealkylation sites (tertiary alicyclic amines) is 1. The molecule has 11 nitrogen and oxygen atoms in total. The lowest BCUT2D eigenvalue weighted by molar-refractivity contribution is -0.213. The van der Waals surface area contributed by atoms with Crippen molar-refractivity contribution in [3.05, 3.63) is 0 Å². The van der Waals surface area contributed by atoms with Crippen LogP contribution in [0.2, 0.25) is 0 Å². The van der Waals surface area contributed by atoms with Crippen molar-refractivity contribution < 1.29 is 47.7 Å². The van der Waals surface area contributed by atoms with E-state index in [2.05, 4.69) is 9.47 Å². The van der Waals surface area contributed by atoms with E-state index in [9.17, 15) is 28.8 Å². The molecule has 0 aromatic heterocycles. The number of carbonyl (C=O) groups is 6. The van der Waals surface area contributed by atoms with Crippen LogP contribution in [0, 0.1) is 5.92 Å². The van der Waals surface area contributed by atoms with Gasteiger partial charge in [0.25, 0.3) is 5.54 Å². The third-order valence-corrected chi connectivity index (χ3v) is 4.20. The number of esters is 4. The summed E-state index contributed by atoms with van der Waals surface area (Å²) in [5.74, 6) is -9.04. The molecule has 1 fully saturated rings. The van der Waals surface area contributed by atoms with E-state index >= 15 is 0 Å². The molecular formula is C20H29NO10. The first-order chi connectivity index (χ1) is 14.0. The lowest BCUT2D eigenvalue weighted by atomic mass is 9.69. The standard InChI is InChI=1S/C20H29NO10/c1-10(22)11-13(23)21(20(11,16(26)28-8)17(27)29-9)12(14(24)30-18(2,3)4)15(25)31-19(5,6)7/h11-12H,1-9H3. The zero-order valence-corrected chi connectivity index (χ0v) is 19.2. The minimum Gasteiger partial charge on any atom is -0.467 e. The molecule has 11 heteroatoms. The lowest BCUT2D eigenvalue weighted by Crippen LogP contribution is -2.83. The van der Waals surface area contributed by atoms with Crippen molar-refractivity contribution in [3.8, 4) is 0 Å². The summed E-state index contributed by atoms with van der Waals surface area (Å²) in [4.78, 5) is 76.8. The molecular weight excluding hydrogens is 414 g/mol. The monoisotopic (exact) mass is 443 g/mol. The molecule has 0 spiro atoms. The van der Waals surface area contributed by atoms with Crippen molar-refractivity contribution in [1.29, 1.82) is 0 Å². The van der Waals surface area contributed by atoms with E-state index in [0.29, 0.717) is 4.90 Å². The average Bonchev–Trinajstić information content (AvgIpc) is 2.58. The number of methoxy groups -OCH3 is 2. The van der Waals surface area contributed by atoms with E-state index < -0.39 is 64.3 Å². The maximum Gasteiger partial charge on any atom is 0.345 e. The van der Waals surface area contributed by atoms with Crippen LogP contribution in [-0.4, -0.2) is 77.5 Å². The highest BCUT2D eigenvalue weighted by atomic mass is 16.6.